The van der Waals surface area contributed by atoms with Gasteiger partial charge in [-0.2, -0.15) is 0 Å². The summed E-state index contributed by atoms with van der Waals surface area (Å²) in [7, 11) is 0. The van der Waals surface area contributed by atoms with E-state index in [1.165, 1.54) is 30.4 Å². The molecule has 0 unspecified atom stereocenters. The molecule has 2 N–H and O–H groups in total. The molecule has 5 nitrogen and oxygen atoms in total. The van der Waals surface area contributed by atoms with Gasteiger partial charge in [-0.25, -0.2) is 9.59 Å². The fourth-order valence-electron chi connectivity index (χ4n) is 7.77. The van der Waals surface area contributed by atoms with Crippen LogP contribution in [0.5, 0.6) is 0 Å². The highest BCUT2D eigenvalue weighted by molar-refractivity contribution is 5.82. The van der Waals surface area contributed by atoms with Crippen LogP contribution in [0.2, 0.25) is 0 Å². The maximum absolute atomic E-state index is 12.8. The largest absolute Gasteiger partial charge is 0.480 e. The summed E-state index contributed by atoms with van der Waals surface area (Å²) in [6.07, 6.45) is 5.83. The summed E-state index contributed by atoms with van der Waals surface area (Å²) in [4.78, 5) is 25.1. The lowest BCUT2D eigenvalue weighted by molar-refractivity contribution is -0.151. The Bertz CT molecular complexity index is 996. The van der Waals surface area contributed by atoms with E-state index < -0.39 is 18.1 Å². The number of aliphatic carboxylic acids is 1. The quantitative estimate of drug-likeness (QED) is 0.683. The molecule has 0 spiro atoms. The van der Waals surface area contributed by atoms with Crippen LogP contribution in [0.1, 0.15) is 55.6 Å². The number of ether oxygens (including phenoxy) is 1. The fraction of sp³-hybridized carbons (Fsp3) is 0.481. The van der Waals surface area contributed by atoms with Crippen molar-refractivity contribution in [3.63, 3.8) is 0 Å². The van der Waals surface area contributed by atoms with Crippen LogP contribution in [0, 0.1) is 23.2 Å². The molecule has 5 aliphatic carbocycles. The van der Waals surface area contributed by atoms with Gasteiger partial charge in [-0.05, 0) is 78.5 Å². The molecule has 0 saturated heterocycles. The Morgan fingerprint density at radius 3 is 1.91 bits per heavy atom. The molecule has 1 atom stereocenters. The summed E-state index contributed by atoms with van der Waals surface area (Å²) in [5.74, 6) is 0.892. The average molecular weight is 432 g/mol. The molecular weight excluding hydrogens is 402 g/mol. The Kier molecular flexibility index (Phi) is 4.56. The molecule has 0 radical (unpaired) electrons. The standard InChI is InChI=1S/C27H29NO4/c29-25(30)24(27-12-16-9-17(13-27)11-18(10-16)14-27)28-26(31)32-15-23-21-7-3-1-5-19(21)20-6-2-4-8-22(20)23/h1-8,16-18,23-24H,9-15H2,(H,28,31)(H,29,30)/t16?,17?,18?,24-,27?/m1/s1. The van der Waals surface area contributed by atoms with Gasteiger partial charge in [0, 0.05) is 11.3 Å². The minimum Gasteiger partial charge on any atom is -0.480 e. The summed E-state index contributed by atoms with van der Waals surface area (Å²) in [5, 5.41) is 12.8. The molecule has 32 heavy (non-hydrogen) atoms. The lowest BCUT2D eigenvalue weighted by atomic mass is 9.47. The van der Waals surface area contributed by atoms with E-state index in [2.05, 4.69) is 29.6 Å². The predicted molar refractivity (Wildman–Crippen MR) is 120 cm³/mol. The van der Waals surface area contributed by atoms with E-state index in [-0.39, 0.29) is 17.9 Å². The number of carbonyl (C=O) groups is 2. The molecule has 0 aliphatic heterocycles. The number of fused-ring (bicyclic) bond motifs is 3. The smallest absolute Gasteiger partial charge is 0.407 e. The van der Waals surface area contributed by atoms with E-state index in [0.717, 1.165) is 30.4 Å². The lowest BCUT2D eigenvalue weighted by Crippen LogP contribution is -2.59. The van der Waals surface area contributed by atoms with Crippen molar-refractivity contribution >= 4 is 12.1 Å². The van der Waals surface area contributed by atoms with Gasteiger partial charge < -0.3 is 15.2 Å². The monoisotopic (exact) mass is 431 g/mol. The van der Waals surface area contributed by atoms with Crippen LogP contribution in [0.4, 0.5) is 4.79 Å². The topological polar surface area (TPSA) is 75.6 Å². The van der Waals surface area contributed by atoms with Gasteiger partial charge in [-0.1, -0.05) is 48.5 Å². The van der Waals surface area contributed by atoms with Crippen molar-refractivity contribution in [2.24, 2.45) is 23.2 Å². The van der Waals surface area contributed by atoms with E-state index in [0.29, 0.717) is 17.8 Å². The molecule has 166 valence electrons. The third-order valence-corrected chi connectivity index (χ3v) is 8.55. The van der Waals surface area contributed by atoms with Crippen LogP contribution in [0.25, 0.3) is 11.1 Å². The SMILES string of the molecule is O=C(N[C@H](C(=O)O)C12CC3CC(CC(C3)C1)C2)OCC1c2ccccc2-c2ccccc21. The first-order valence-electron chi connectivity index (χ1n) is 11.9. The van der Waals surface area contributed by atoms with Crippen LogP contribution in [0.3, 0.4) is 0 Å². The predicted octanol–water partition coefficient (Wildman–Crippen LogP) is 5.19. The van der Waals surface area contributed by atoms with Gasteiger partial charge in [0.1, 0.15) is 12.6 Å². The first kappa shape index (κ1) is 19.8. The number of carbonyl (C=O) groups excluding carboxylic acids is 1. The van der Waals surface area contributed by atoms with E-state index in [1.807, 2.05) is 24.3 Å². The van der Waals surface area contributed by atoms with E-state index in [9.17, 15) is 14.7 Å². The highest BCUT2D eigenvalue weighted by atomic mass is 16.5. The summed E-state index contributed by atoms with van der Waals surface area (Å²) < 4.78 is 5.67. The van der Waals surface area contributed by atoms with Crippen molar-refractivity contribution in [1.82, 2.24) is 5.32 Å². The Morgan fingerprint density at radius 1 is 0.906 bits per heavy atom. The third kappa shape index (κ3) is 3.13. The number of carboxylic acids is 1. The van der Waals surface area contributed by atoms with Gasteiger partial charge in [0.25, 0.3) is 0 Å². The Balaban J connectivity index is 1.18. The number of amides is 1. The van der Waals surface area contributed by atoms with Gasteiger partial charge in [0.15, 0.2) is 0 Å². The zero-order valence-corrected chi connectivity index (χ0v) is 18.1. The van der Waals surface area contributed by atoms with Crippen LogP contribution in [-0.2, 0) is 9.53 Å². The van der Waals surface area contributed by atoms with Crippen molar-refractivity contribution in [2.45, 2.75) is 50.5 Å². The van der Waals surface area contributed by atoms with Crippen molar-refractivity contribution < 1.29 is 19.4 Å². The lowest BCUT2D eigenvalue weighted by Gasteiger charge is -2.58. The molecule has 4 saturated carbocycles. The Hall–Kier alpha value is -2.82. The second-order valence-corrected chi connectivity index (χ2v) is 10.5. The maximum atomic E-state index is 12.8. The maximum Gasteiger partial charge on any atom is 0.407 e. The van der Waals surface area contributed by atoms with E-state index in [1.54, 1.807) is 0 Å². The summed E-state index contributed by atoms with van der Waals surface area (Å²) in [5.41, 5.74) is 4.34. The van der Waals surface area contributed by atoms with Gasteiger partial charge in [-0.15, -0.1) is 0 Å². The summed E-state index contributed by atoms with van der Waals surface area (Å²) >= 11 is 0. The van der Waals surface area contributed by atoms with Gasteiger partial charge in [0.2, 0.25) is 0 Å². The van der Waals surface area contributed by atoms with Crippen molar-refractivity contribution in [1.29, 1.82) is 0 Å². The van der Waals surface area contributed by atoms with Crippen molar-refractivity contribution in [2.75, 3.05) is 6.61 Å². The van der Waals surface area contributed by atoms with Gasteiger partial charge in [0.05, 0.1) is 0 Å². The molecule has 2 aromatic carbocycles. The van der Waals surface area contributed by atoms with Crippen LogP contribution in [0.15, 0.2) is 48.5 Å². The first-order chi connectivity index (χ1) is 15.5. The van der Waals surface area contributed by atoms with E-state index >= 15 is 0 Å². The molecule has 2 aromatic rings. The number of nitrogens with one attached hydrogen (secondary N) is 1. The number of carboxylic acid groups (broad SMARTS) is 1. The van der Waals surface area contributed by atoms with Crippen LogP contribution in [-0.4, -0.2) is 29.8 Å². The molecular formula is C27H29NO4. The van der Waals surface area contributed by atoms with E-state index in [4.69, 9.17) is 4.74 Å². The molecule has 1 amide bonds. The Morgan fingerprint density at radius 2 is 1.41 bits per heavy atom. The van der Waals surface area contributed by atoms with Crippen LogP contribution < -0.4 is 5.32 Å². The molecule has 0 heterocycles. The summed E-state index contributed by atoms with van der Waals surface area (Å²) in [6.45, 7) is 0.201. The van der Waals surface area contributed by atoms with Crippen LogP contribution >= 0.6 is 0 Å². The average Bonchev–Trinajstić information content (AvgIpc) is 3.09. The molecule has 0 aromatic heterocycles. The minimum atomic E-state index is -0.930. The van der Waals surface area contributed by atoms with Gasteiger partial charge >= 0.3 is 12.1 Å². The summed E-state index contributed by atoms with van der Waals surface area (Å²) in [6, 6.07) is 15.5. The molecule has 5 aliphatic rings. The number of rotatable bonds is 5. The number of hydrogen-bond acceptors (Lipinski definition) is 3. The van der Waals surface area contributed by atoms with Crippen molar-refractivity contribution in [3.05, 3.63) is 59.7 Å². The number of benzene rings is 2. The molecule has 5 heteroatoms. The normalized spacial score (nSPS) is 30.4. The third-order valence-electron chi connectivity index (χ3n) is 8.55. The van der Waals surface area contributed by atoms with Gasteiger partial charge in [-0.3, -0.25) is 0 Å². The highest BCUT2D eigenvalue weighted by Crippen LogP contribution is 2.61. The zero-order valence-electron chi connectivity index (χ0n) is 18.1. The fourth-order valence-corrected chi connectivity index (χ4v) is 7.77. The zero-order chi connectivity index (χ0) is 21.9. The molecule has 4 bridgehead atoms. The van der Waals surface area contributed by atoms with Crippen molar-refractivity contribution in [3.8, 4) is 11.1 Å². The minimum absolute atomic E-state index is 0.0315. The molecule has 7 rings (SSSR count). The first-order valence-corrected chi connectivity index (χ1v) is 11.9. The highest BCUT2D eigenvalue weighted by Gasteiger charge is 2.56. The number of alkyl carbamates (subject to hydrolysis) is 1. The molecule has 4 fully saturated rings. The second-order valence-electron chi connectivity index (χ2n) is 10.5. The Labute approximate surface area is 188 Å². The number of hydrogen-bond donors (Lipinski definition) is 2. The second kappa shape index (κ2) is 7.36.